The molecule has 1 atom stereocenters. The second-order valence-electron chi connectivity index (χ2n) is 4.66. The zero-order valence-electron chi connectivity index (χ0n) is 11.0. The lowest BCUT2D eigenvalue weighted by molar-refractivity contribution is -0.274. The molecule has 2 nitrogen and oxygen atoms in total. The van der Waals surface area contributed by atoms with Crippen LogP contribution in [-0.2, 0) is 5.60 Å². The van der Waals surface area contributed by atoms with Crippen molar-refractivity contribution in [1.82, 2.24) is 0 Å². The number of hydrogen-bond donors (Lipinski definition) is 1. The lowest BCUT2D eigenvalue weighted by atomic mass is 9.88. The molecule has 2 aromatic rings. The van der Waals surface area contributed by atoms with E-state index in [0.717, 1.165) is 6.07 Å². The summed E-state index contributed by atoms with van der Waals surface area (Å²) in [5.41, 5.74) is -0.749. The first-order valence-electron chi connectivity index (χ1n) is 6.03. The lowest BCUT2D eigenvalue weighted by Gasteiger charge is -2.25. The number of alkyl halides is 3. The summed E-state index contributed by atoms with van der Waals surface area (Å²) in [5, 5.41) is 11.0. The molecule has 0 aliphatic heterocycles. The minimum absolute atomic E-state index is 0.270. The first-order chi connectivity index (χ1) is 9.68. The van der Waals surface area contributed by atoms with Crippen molar-refractivity contribution in [3.05, 3.63) is 64.7 Å². The minimum atomic E-state index is -4.78. The molecule has 0 fully saturated rings. The highest BCUT2D eigenvalue weighted by Gasteiger charge is 2.32. The summed E-state index contributed by atoms with van der Waals surface area (Å²) >= 11 is 5.87. The fraction of sp³-hybridized carbons (Fsp3) is 0.200. The first-order valence-corrected chi connectivity index (χ1v) is 6.41. The monoisotopic (exact) mass is 316 g/mol. The Hall–Kier alpha value is -1.72. The highest BCUT2D eigenvalue weighted by molar-refractivity contribution is 6.30. The summed E-state index contributed by atoms with van der Waals surface area (Å²) in [6.45, 7) is 1.48. The molecule has 2 aromatic carbocycles. The maximum absolute atomic E-state index is 12.2. The maximum Gasteiger partial charge on any atom is 0.573 e. The minimum Gasteiger partial charge on any atom is -0.406 e. The average molecular weight is 317 g/mol. The molecule has 112 valence electrons. The topological polar surface area (TPSA) is 29.5 Å². The number of ether oxygens (including phenoxy) is 1. The van der Waals surface area contributed by atoms with Crippen LogP contribution < -0.4 is 4.74 Å². The Kier molecular flexibility index (Phi) is 4.16. The van der Waals surface area contributed by atoms with E-state index in [0.29, 0.717) is 10.6 Å². The van der Waals surface area contributed by atoms with E-state index >= 15 is 0 Å². The third-order valence-electron chi connectivity index (χ3n) is 3.02. The Morgan fingerprint density at radius 2 is 1.57 bits per heavy atom. The van der Waals surface area contributed by atoms with Gasteiger partial charge in [0.2, 0.25) is 0 Å². The van der Waals surface area contributed by atoms with Gasteiger partial charge in [0.05, 0.1) is 0 Å². The molecule has 0 saturated carbocycles. The number of hydrogen-bond acceptors (Lipinski definition) is 2. The van der Waals surface area contributed by atoms with E-state index in [1.54, 1.807) is 24.3 Å². The Bertz CT molecular complexity index is 639. The Morgan fingerprint density at radius 3 is 2.14 bits per heavy atom. The highest BCUT2D eigenvalue weighted by atomic mass is 35.5. The smallest absolute Gasteiger partial charge is 0.406 e. The molecule has 0 radical (unpaired) electrons. The van der Waals surface area contributed by atoms with Gasteiger partial charge in [0.1, 0.15) is 11.4 Å². The zero-order chi connectivity index (χ0) is 15.7. The second-order valence-corrected chi connectivity index (χ2v) is 5.09. The van der Waals surface area contributed by atoms with Crippen LogP contribution in [0.25, 0.3) is 0 Å². The molecule has 0 aliphatic rings. The summed E-state index contributed by atoms with van der Waals surface area (Å²) in [5.74, 6) is -0.387. The average Bonchev–Trinajstić information content (AvgIpc) is 2.37. The normalized spacial score (nSPS) is 14.6. The Balaban J connectivity index is 2.38. The Labute approximate surface area is 124 Å². The molecule has 0 bridgehead atoms. The fourth-order valence-corrected chi connectivity index (χ4v) is 2.14. The molecule has 1 unspecified atom stereocenters. The predicted octanol–water partition coefficient (Wildman–Crippen LogP) is 4.49. The summed E-state index contributed by atoms with van der Waals surface area (Å²) in [6.07, 6.45) is -4.78. The molecule has 0 aromatic heterocycles. The number of halogens is 4. The van der Waals surface area contributed by atoms with Gasteiger partial charge in [-0.2, -0.15) is 0 Å². The van der Waals surface area contributed by atoms with Gasteiger partial charge in [-0.05, 0) is 42.3 Å². The van der Waals surface area contributed by atoms with E-state index in [4.69, 9.17) is 11.6 Å². The molecular formula is C15H12ClF3O2. The van der Waals surface area contributed by atoms with Crippen molar-refractivity contribution < 1.29 is 23.0 Å². The molecule has 1 N–H and O–H groups in total. The SMILES string of the molecule is CC(O)(c1cccc(Cl)c1)c1cccc(OC(F)(F)F)c1. The van der Waals surface area contributed by atoms with Gasteiger partial charge in [-0.15, -0.1) is 13.2 Å². The van der Waals surface area contributed by atoms with E-state index in [-0.39, 0.29) is 11.3 Å². The number of aliphatic hydroxyl groups is 1. The number of benzene rings is 2. The van der Waals surface area contributed by atoms with Crippen molar-refractivity contribution >= 4 is 11.6 Å². The van der Waals surface area contributed by atoms with Crippen LogP contribution in [0.5, 0.6) is 5.75 Å². The van der Waals surface area contributed by atoms with Crippen molar-refractivity contribution in [3.63, 3.8) is 0 Å². The largest absolute Gasteiger partial charge is 0.573 e. The van der Waals surface area contributed by atoms with Gasteiger partial charge in [0.15, 0.2) is 0 Å². The van der Waals surface area contributed by atoms with E-state index in [1.807, 2.05) is 0 Å². The van der Waals surface area contributed by atoms with E-state index in [9.17, 15) is 18.3 Å². The third kappa shape index (κ3) is 3.89. The number of rotatable bonds is 3. The van der Waals surface area contributed by atoms with E-state index < -0.39 is 12.0 Å². The van der Waals surface area contributed by atoms with E-state index in [2.05, 4.69) is 4.74 Å². The van der Waals surface area contributed by atoms with Crippen LogP contribution in [0, 0.1) is 0 Å². The van der Waals surface area contributed by atoms with Gasteiger partial charge in [0.25, 0.3) is 0 Å². The standard InChI is InChI=1S/C15H12ClF3O2/c1-14(20,10-4-2-6-12(16)8-10)11-5-3-7-13(9-11)21-15(17,18)19/h2-9,20H,1H3. The molecule has 0 spiro atoms. The quantitative estimate of drug-likeness (QED) is 0.903. The van der Waals surface area contributed by atoms with Crippen LogP contribution in [0.1, 0.15) is 18.1 Å². The van der Waals surface area contributed by atoms with Crippen molar-refractivity contribution in [2.45, 2.75) is 18.9 Å². The van der Waals surface area contributed by atoms with Gasteiger partial charge < -0.3 is 9.84 Å². The highest BCUT2D eigenvalue weighted by Crippen LogP contribution is 2.33. The second kappa shape index (κ2) is 5.58. The van der Waals surface area contributed by atoms with Gasteiger partial charge >= 0.3 is 6.36 Å². The molecule has 0 amide bonds. The molecule has 0 heterocycles. The summed E-state index contributed by atoms with van der Waals surface area (Å²) < 4.78 is 40.6. The van der Waals surface area contributed by atoms with Gasteiger partial charge in [0, 0.05) is 5.02 Å². The molecule has 21 heavy (non-hydrogen) atoms. The van der Waals surface area contributed by atoms with Gasteiger partial charge in [-0.25, -0.2) is 0 Å². The van der Waals surface area contributed by atoms with Crippen molar-refractivity contribution in [1.29, 1.82) is 0 Å². The summed E-state index contributed by atoms with van der Waals surface area (Å²) in [7, 11) is 0. The van der Waals surface area contributed by atoms with Crippen LogP contribution in [0.4, 0.5) is 13.2 Å². The first kappa shape index (κ1) is 15.7. The van der Waals surface area contributed by atoms with Crippen molar-refractivity contribution in [2.24, 2.45) is 0 Å². The summed E-state index contributed by atoms with van der Waals surface area (Å²) in [6, 6.07) is 11.7. The maximum atomic E-state index is 12.2. The molecule has 0 saturated heterocycles. The van der Waals surface area contributed by atoms with Crippen LogP contribution in [-0.4, -0.2) is 11.5 Å². The molecular weight excluding hydrogens is 305 g/mol. The fourth-order valence-electron chi connectivity index (χ4n) is 1.95. The van der Waals surface area contributed by atoms with Gasteiger partial charge in [-0.1, -0.05) is 35.9 Å². The van der Waals surface area contributed by atoms with Crippen LogP contribution >= 0.6 is 11.6 Å². The molecule has 0 aliphatic carbocycles. The van der Waals surface area contributed by atoms with Gasteiger partial charge in [-0.3, -0.25) is 0 Å². The lowest BCUT2D eigenvalue weighted by Crippen LogP contribution is -2.23. The van der Waals surface area contributed by atoms with E-state index in [1.165, 1.54) is 25.1 Å². The van der Waals surface area contributed by atoms with Crippen molar-refractivity contribution in [2.75, 3.05) is 0 Å². The third-order valence-corrected chi connectivity index (χ3v) is 3.25. The molecule has 6 heteroatoms. The molecule has 2 rings (SSSR count). The van der Waals surface area contributed by atoms with Crippen LogP contribution in [0.15, 0.2) is 48.5 Å². The van der Waals surface area contributed by atoms with Crippen LogP contribution in [0.2, 0.25) is 5.02 Å². The van der Waals surface area contributed by atoms with Crippen molar-refractivity contribution in [3.8, 4) is 5.75 Å². The predicted molar refractivity (Wildman–Crippen MR) is 73.2 cm³/mol. The van der Waals surface area contributed by atoms with Crippen LogP contribution in [0.3, 0.4) is 0 Å². The zero-order valence-corrected chi connectivity index (χ0v) is 11.7. The Morgan fingerprint density at radius 1 is 1.00 bits per heavy atom. The summed E-state index contributed by atoms with van der Waals surface area (Å²) in [4.78, 5) is 0.